The van der Waals surface area contributed by atoms with Gasteiger partial charge in [0.15, 0.2) is 0 Å². The van der Waals surface area contributed by atoms with Crippen LogP contribution in [-0.2, 0) is 21.2 Å². The zero-order valence-corrected chi connectivity index (χ0v) is 21.8. The summed E-state index contributed by atoms with van der Waals surface area (Å²) in [7, 11) is -2.64. The quantitative estimate of drug-likeness (QED) is 0.552. The number of alkyl halides is 3. The summed E-state index contributed by atoms with van der Waals surface area (Å²) in [6.07, 6.45) is -4.53. The number of thiophene rings is 1. The third-order valence-electron chi connectivity index (χ3n) is 6.20. The molecule has 3 aliphatic rings. The fourth-order valence-electron chi connectivity index (χ4n) is 4.49. The van der Waals surface area contributed by atoms with E-state index in [0.29, 0.717) is 24.2 Å². The number of nitrogens with one attached hydrogen (secondary N) is 1. The van der Waals surface area contributed by atoms with Crippen LogP contribution in [0.25, 0.3) is 0 Å². The van der Waals surface area contributed by atoms with Gasteiger partial charge >= 0.3 is 6.36 Å². The second kappa shape index (κ2) is 10.0. The van der Waals surface area contributed by atoms with Gasteiger partial charge in [-0.1, -0.05) is 6.07 Å². The summed E-state index contributed by atoms with van der Waals surface area (Å²) in [6, 6.07) is 5.24. The van der Waals surface area contributed by atoms with Crippen molar-refractivity contribution < 1.29 is 31.1 Å². The Kier molecular flexibility index (Phi) is 7.15. The number of aliphatic imine (C=N–C) groups is 1. The summed E-state index contributed by atoms with van der Waals surface area (Å²) >= 11 is 2.71. The molecule has 0 bridgehead atoms. The van der Waals surface area contributed by atoms with Gasteiger partial charge < -0.3 is 14.8 Å². The highest BCUT2D eigenvalue weighted by atomic mass is 32.2. The second-order valence-corrected chi connectivity index (χ2v) is 13.1. The Balaban J connectivity index is 1.38. The molecule has 4 heterocycles. The summed E-state index contributed by atoms with van der Waals surface area (Å²) in [5.41, 5.74) is 1.11. The average Bonchev–Trinajstić information content (AvgIpc) is 3.58. The van der Waals surface area contributed by atoms with E-state index in [-0.39, 0.29) is 21.2 Å². The first kappa shape index (κ1) is 25.6. The normalized spacial score (nSPS) is 22.7. The van der Waals surface area contributed by atoms with Crippen molar-refractivity contribution in [1.29, 1.82) is 0 Å². The second-order valence-electron chi connectivity index (χ2n) is 8.66. The molecule has 0 saturated carbocycles. The fraction of sp³-hybridized carbons (Fsp3) is 0.500. The van der Waals surface area contributed by atoms with E-state index in [9.17, 15) is 21.6 Å². The Labute approximate surface area is 215 Å². The van der Waals surface area contributed by atoms with Crippen molar-refractivity contribution in [3.8, 4) is 5.75 Å². The third kappa shape index (κ3) is 5.47. The molecule has 1 fully saturated rings. The maximum absolute atomic E-state index is 13.2. The van der Waals surface area contributed by atoms with Gasteiger partial charge in [0.1, 0.15) is 9.96 Å². The standard InChI is InChI=1S/C22H25F3N4O4S3/c1-28(36(30,31)19-3-2-8-34-19)18-11-15(33-22(23,24)25)9-14-10-17(27-20(14)18)21-26-12-16(35-21)13-29-4-6-32-7-5-29/h2-3,8-9,11,16-17,27H,4-7,10,12-13H2,1H3. The number of ether oxygens (including phenoxy) is 2. The monoisotopic (exact) mass is 562 g/mol. The molecular formula is C22H25F3N4O4S3. The van der Waals surface area contributed by atoms with Gasteiger partial charge in [0.05, 0.1) is 42.2 Å². The predicted octanol–water partition coefficient (Wildman–Crippen LogP) is 3.65. The Morgan fingerprint density at radius 1 is 1.31 bits per heavy atom. The van der Waals surface area contributed by atoms with Crippen LogP contribution < -0.4 is 14.4 Å². The largest absolute Gasteiger partial charge is 0.573 e. The van der Waals surface area contributed by atoms with Crippen LogP contribution >= 0.6 is 23.1 Å². The summed E-state index contributed by atoms with van der Waals surface area (Å²) < 4.78 is 76.1. The maximum Gasteiger partial charge on any atom is 0.573 e. The van der Waals surface area contributed by atoms with Crippen LogP contribution in [-0.4, -0.2) is 82.5 Å². The van der Waals surface area contributed by atoms with E-state index < -0.39 is 22.1 Å². The number of hydrogen-bond acceptors (Lipinski definition) is 9. The van der Waals surface area contributed by atoms with Gasteiger partial charge in [0.25, 0.3) is 10.0 Å². The molecule has 5 rings (SSSR count). The van der Waals surface area contributed by atoms with Crippen molar-refractivity contribution >= 4 is 49.5 Å². The van der Waals surface area contributed by atoms with E-state index in [0.717, 1.165) is 59.6 Å². The number of halogens is 3. The van der Waals surface area contributed by atoms with Crippen LogP contribution in [0.1, 0.15) is 5.56 Å². The summed E-state index contributed by atoms with van der Waals surface area (Å²) in [5, 5.41) is 6.12. The molecule has 1 aromatic carbocycles. The number of rotatable bonds is 7. The number of nitrogens with zero attached hydrogens (tertiary/aromatic N) is 3. The first-order valence-corrected chi connectivity index (χ1v) is 14.5. The predicted molar refractivity (Wildman–Crippen MR) is 135 cm³/mol. The van der Waals surface area contributed by atoms with Crippen LogP contribution in [0.3, 0.4) is 0 Å². The van der Waals surface area contributed by atoms with Crippen molar-refractivity contribution in [3.63, 3.8) is 0 Å². The third-order valence-corrected chi connectivity index (χ3v) is 10.6. The molecule has 1 aromatic heterocycles. The van der Waals surface area contributed by atoms with Crippen molar-refractivity contribution in [2.45, 2.75) is 28.3 Å². The maximum atomic E-state index is 13.2. The molecule has 0 amide bonds. The van der Waals surface area contributed by atoms with Gasteiger partial charge in [-0.3, -0.25) is 14.2 Å². The van der Waals surface area contributed by atoms with E-state index in [2.05, 4.69) is 15.0 Å². The molecule has 36 heavy (non-hydrogen) atoms. The lowest BCUT2D eigenvalue weighted by molar-refractivity contribution is -0.274. The molecule has 2 aromatic rings. The highest BCUT2D eigenvalue weighted by Gasteiger charge is 2.37. The molecular weight excluding hydrogens is 537 g/mol. The van der Waals surface area contributed by atoms with Gasteiger partial charge in [0.2, 0.25) is 0 Å². The van der Waals surface area contributed by atoms with Gasteiger partial charge in [-0.05, 0) is 23.1 Å². The first-order valence-electron chi connectivity index (χ1n) is 11.3. The Hall–Kier alpha value is -2.00. The van der Waals surface area contributed by atoms with E-state index in [1.165, 1.54) is 19.2 Å². The molecule has 0 aliphatic carbocycles. The smallest absolute Gasteiger partial charge is 0.406 e. The lowest BCUT2D eigenvalue weighted by Crippen LogP contribution is -2.40. The zero-order valence-electron chi connectivity index (χ0n) is 19.3. The van der Waals surface area contributed by atoms with Crippen LogP contribution in [0, 0.1) is 0 Å². The highest BCUT2D eigenvalue weighted by Crippen LogP contribution is 2.43. The molecule has 2 unspecified atom stereocenters. The van der Waals surface area contributed by atoms with Crippen molar-refractivity contribution in [2.75, 3.05) is 56.1 Å². The molecule has 0 radical (unpaired) electrons. The van der Waals surface area contributed by atoms with Crippen LogP contribution in [0.15, 0.2) is 38.8 Å². The Morgan fingerprint density at radius 3 is 2.78 bits per heavy atom. The topological polar surface area (TPSA) is 83.5 Å². The SMILES string of the molecule is CN(c1cc(OC(F)(F)F)cc2c1NC(C1=NCC(CN3CCOCC3)S1)C2)S(=O)(=O)c1cccs1. The molecule has 196 valence electrons. The van der Waals surface area contributed by atoms with Gasteiger partial charge in [-0.2, -0.15) is 0 Å². The minimum Gasteiger partial charge on any atom is -0.406 e. The Morgan fingerprint density at radius 2 is 2.08 bits per heavy atom. The Bertz CT molecular complexity index is 1230. The number of benzene rings is 1. The number of hydrogen-bond donors (Lipinski definition) is 1. The minimum atomic E-state index is -4.90. The van der Waals surface area contributed by atoms with Gasteiger partial charge in [0, 0.05) is 44.4 Å². The van der Waals surface area contributed by atoms with Crippen molar-refractivity contribution in [2.24, 2.45) is 4.99 Å². The first-order chi connectivity index (χ1) is 17.1. The van der Waals surface area contributed by atoms with E-state index in [4.69, 9.17) is 9.73 Å². The highest BCUT2D eigenvalue weighted by molar-refractivity contribution is 8.15. The number of sulfonamides is 1. The van der Waals surface area contributed by atoms with Crippen molar-refractivity contribution in [3.05, 3.63) is 35.2 Å². The average molecular weight is 563 g/mol. The molecule has 14 heteroatoms. The molecule has 8 nitrogen and oxygen atoms in total. The lowest BCUT2D eigenvalue weighted by atomic mass is 10.1. The number of anilines is 2. The van der Waals surface area contributed by atoms with E-state index in [1.54, 1.807) is 23.2 Å². The number of thioether (sulfide) groups is 1. The fourth-order valence-corrected chi connectivity index (χ4v) is 8.08. The van der Waals surface area contributed by atoms with Crippen molar-refractivity contribution in [1.82, 2.24) is 4.90 Å². The minimum absolute atomic E-state index is 0.0936. The van der Waals surface area contributed by atoms with Crippen LogP contribution in [0.2, 0.25) is 0 Å². The van der Waals surface area contributed by atoms with Gasteiger partial charge in [-0.25, -0.2) is 8.42 Å². The number of morpholine rings is 1. The van der Waals surface area contributed by atoms with Gasteiger partial charge in [-0.15, -0.1) is 36.3 Å². The molecule has 1 saturated heterocycles. The van der Waals surface area contributed by atoms with Crippen LogP contribution in [0.5, 0.6) is 5.75 Å². The van der Waals surface area contributed by atoms with E-state index in [1.807, 2.05) is 0 Å². The molecule has 3 aliphatic heterocycles. The summed E-state index contributed by atoms with van der Waals surface area (Å²) in [6.45, 7) is 4.76. The molecule has 1 N–H and O–H groups in total. The van der Waals surface area contributed by atoms with Crippen LogP contribution in [0.4, 0.5) is 24.5 Å². The summed E-state index contributed by atoms with van der Waals surface area (Å²) in [4.78, 5) is 7.06. The molecule has 2 atom stereocenters. The number of fused-ring (bicyclic) bond motifs is 1. The molecule has 0 spiro atoms. The lowest BCUT2D eigenvalue weighted by Gasteiger charge is -2.28. The van der Waals surface area contributed by atoms with E-state index >= 15 is 0 Å². The zero-order chi connectivity index (χ0) is 25.5. The summed E-state index contributed by atoms with van der Waals surface area (Å²) in [5.74, 6) is -0.460.